The largest absolute Gasteiger partial charge is 0.347 e. The molecule has 0 saturated carbocycles. The number of aryl methyl sites for hydroxylation is 1. The number of nitrogens with one attached hydrogen (secondary N) is 1. The zero-order valence-corrected chi connectivity index (χ0v) is 12.7. The topological polar surface area (TPSA) is 42.0 Å². The first kappa shape index (κ1) is 13.5. The second-order valence-corrected chi connectivity index (χ2v) is 6.36. The van der Waals surface area contributed by atoms with Gasteiger partial charge in [0.05, 0.1) is 11.6 Å². The first-order valence-corrected chi connectivity index (χ1v) is 7.19. The van der Waals surface area contributed by atoms with Crippen LogP contribution >= 0.6 is 38.9 Å². The van der Waals surface area contributed by atoms with Gasteiger partial charge < -0.3 is 5.32 Å². The van der Waals surface area contributed by atoms with E-state index in [0.29, 0.717) is 17.1 Å². The first-order valence-electron chi connectivity index (χ1n) is 5.20. The number of hydrogen-bond donors (Lipinski definition) is 1. The van der Waals surface area contributed by atoms with Gasteiger partial charge in [0.15, 0.2) is 0 Å². The van der Waals surface area contributed by atoms with Crippen molar-refractivity contribution in [1.29, 1.82) is 0 Å². The van der Waals surface area contributed by atoms with E-state index >= 15 is 0 Å². The maximum atomic E-state index is 11.9. The zero-order valence-electron chi connectivity index (χ0n) is 9.54. The van der Waals surface area contributed by atoms with Crippen LogP contribution in [0.1, 0.15) is 20.2 Å². The highest BCUT2D eigenvalue weighted by molar-refractivity contribution is 9.10. The molecule has 1 amide bonds. The Kier molecular flexibility index (Phi) is 4.37. The van der Waals surface area contributed by atoms with Gasteiger partial charge >= 0.3 is 0 Å². The fourth-order valence-corrected chi connectivity index (χ4v) is 3.04. The average molecular weight is 346 g/mol. The Morgan fingerprint density at radius 2 is 2.28 bits per heavy atom. The molecule has 0 aliphatic carbocycles. The number of aromatic nitrogens is 1. The summed E-state index contributed by atoms with van der Waals surface area (Å²) in [6, 6.07) is 5.11. The molecule has 18 heavy (non-hydrogen) atoms. The highest BCUT2D eigenvalue weighted by atomic mass is 79.9. The van der Waals surface area contributed by atoms with Gasteiger partial charge in [-0.05, 0) is 25.1 Å². The Hall–Kier alpha value is -0.910. The van der Waals surface area contributed by atoms with Gasteiger partial charge in [-0.2, -0.15) is 0 Å². The summed E-state index contributed by atoms with van der Waals surface area (Å²) in [6.07, 6.45) is 1.77. The standard InChI is InChI=1S/C12H10BrClN2OS/c1-7-15-5-11(18-7)6-16-12(17)8-2-9(13)4-10(14)3-8/h2-5H,6H2,1H3,(H,16,17). The maximum absolute atomic E-state index is 11.9. The zero-order chi connectivity index (χ0) is 13.1. The van der Waals surface area contributed by atoms with Crippen LogP contribution in [0.4, 0.5) is 0 Å². The molecular formula is C12H10BrClN2OS. The smallest absolute Gasteiger partial charge is 0.251 e. The van der Waals surface area contributed by atoms with Crippen LogP contribution in [0.5, 0.6) is 0 Å². The van der Waals surface area contributed by atoms with Gasteiger partial charge in [0, 0.05) is 26.1 Å². The predicted molar refractivity (Wildman–Crippen MR) is 77.2 cm³/mol. The van der Waals surface area contributed by atoms with Gasteiger partial charge in [-0.1, -0.05) is 27.5 Å². The van der Waals surface area contributed by atoms with Crippen molar-refractivity contribution in [2.45, 2.75) is 13.5 Å². The van der Waals surface area contributed by atoms with Crippen molar-refractivity contribution in [3.63, 3.8) is 0 Å². The number of amides is 1. The number of carbonyl (C=O) groups excluding carboxylic acids is 1. The van der Waals surface area contributed by atoms with Crippen molar-refractivity contribution in [2.24, 2.45) is 0 Å². The van der Waals surface area contributed by atoms with E-state index in [2.05, 4.69) is 26.2 Å². The second kappa shape index (κ2) is 5.82. The van der Waals surface area contributed by atoms with E-state index in [1.165, 1.54) is 0 Å². The summed E-state index contributed by atoms with van der Waals surface area (Å²) in [5.74, 6) is -0.149. The van der Waals surface area contributed by atoms with E-state index in [4.69, 9.17) is 11.6 Å². The van der Waals surface area contributed by atoms with Gasteiger partial charge in [0.2, 0.25) is 0 Å². The molecule has 3 nitrogen and oxygen atoms in total. The lowest BCUT2D eigenvalue weighted by Crippen LogP contribution is -2.22. The molecule has 0 saturated heterocycles. The molecule has 0 radical (unpaired) electrons. The minimum absolute atomic E-state index is 0.149. The second-order valence-electron chi connectivity index (χ2n) is 3.69. The number of halogens is 2. The van der Waals surface area contributed by atoms with E-state index in [1.807, 2.05) is 6.92 Å². The lowest BCUT2D eigenvalue weighted by atomic mass is 10.2. The van der Waals surface area contributed by atoms with E-state index in [9.17, 15) is 4.79 Å². The molecular weight excluding hydrogens is 336 g/mol. The summed E-state index contributed by atoms with van der Waals surface area (Å²) in [4.78, 5) is 17.1. The molecule has 1 aromatic carbocycles. The Balaban J connectivity index is 2.03. The molecule has 0 spiro atoms. The molecule has 94 valence electrons. The van der Waals surface area contributed by atoms with Gasteiger partial charge in [0.1, 0.15) is 0 Å². The molecule has 0 bridgehead atoms. The third-order valence-corrected chi connectivity index (χ3v) is 3.81. The predicted octanol–water partition coefficient (Wildman–Crippen LogP) is 3.80. The van der Waals surface area contributed by atoms with Crippen molar-refractivity contribution in [2.75, 3.05) is 0 Å². The Labute approximate surface area is 122 Å². The highest BCUT2D eigenvalue weighted by Crippen LogP contribution is 2.19. The van der Waals surface area contributed by atoms with Crippen LogP contribution in [-0.4, -0.2) is 10.9 Å². The molecule has 0 fully saturated rings. The van der Waals surface area contributed by atoms with Crippen molar-refractivity contribution in [3.8, 4) is 0 Å². The number of nitrogens with zero attached hydrogens (tertiary/aromatic N) is 1. The summed E-state index contributed by atoms with van der Waals surface area (Å²) in [7, 11) is 0. The van der Waals surface area contributed by atoms with Gasteiger partial charge in [0.25, 0.3) is 5.91 Å². The molecule has 0 aliphatic heterocycles. The van der Waals surface area contributed by atoms with Crippen LogP contribution in [0.3, 0.4) is 0 Å². The third-order valence-electron chi connectivity index (χ3n) is 2.22. The normalized spacial score (nSPS) is 10.4. The minimum Gasteiger partial charge on any atom is -0.347 e. The summed E-state index contributed by atoms with van der Waals surface area (Å²) in [5, 5.41) is 4.36. The number of carbonyl (C=O) groups is 1. The average Bonchev–Trinajstić information content (AvgIpc) is 2.70. The quantitative estimate of drug-likeness (QED) is 0.919. The molecule has 2 aromatic rings. The van der Waals surface area contributed by atoms with E-state index in [-0.39, 0.29) is 5.91 Å². The highest BCUT2D eigenvalue weighted by Gasteiger charge is 2.08. The van der Waals surface area contributed by atoms with Gasteiger partial charge in [-0.15, -0.1) is 11.3 Å². The Morgan fingerprint density at radius 3 is 2.89 bits per heavy atom. The van der Waals surface area contributed by atoms with E-state index < -0.39 is 0 Å². The van der Waals surface area contributed by atoms with Crippen molar-refractivity contribution in [3.05, 3.63) is 49.3 Å². The van der Waals surface area contributed by atoms with Gasteiger partial charge in [-0.3, -0.25) is 4.79 Å². The molecule has 6 heteroatoms. The Morgan fingerprint density at radius 1 is 1.50 bits per heavy atom. The monoisotopic (exact) mass is 344 g/mol. The summed E-state index contributed by atoms with van der Waals surface area (Å²) in [6.45, 7) is 2.42. The molecule has 1 heterocycles. The fraction of sp³-hybridized carbons (Fsp3) is 0.167. The summed E-state index contributed by atoms with van der Waals surface area (Å²) < 4.78 is 0.786. The van der Waals surface area contributed by atoms with Crippen molar-refractivity contribution in [1.82, 2.24) is 10.3 Å². The summed E-state index contributed by atoms with van der Waals surface area (Å²) in [5.41, 5.74) is 0.538. The van der Waals surface area contributed by atoms with Crippen molar-refractivity contribution >= 4 is 44.8 Å². The molecule has 0 aliphatic rings. The SMILES string of the molecule is Cc1ncc(CNC(=O)c2cc(Cl)cc(Br)c2)s1. The van der Waals surface area contributed by atoms with E-state index in [1.54, 1.807) is 35.7 Å². The molecule has 1 N–H and O–H groups in total. The van der Waals surface area contributed by atoms with Crippen LogP contribution in [0, 0.1) is 6.92 Å². The maximum Gasteiger partial charge on any atom is 0.251 e. The fourth-order valence-electron chi connectivity index (χ4n) is 1.44. The van der Waals surface area contributed by atoms with Crippen LogP contribution in [-0.2, 0) is 6.54 Å². The van der Waals surface area contributed by atoms with Crippen molar-refractivity contribution < 1.29 is 4.79 Å². The minimum atomic E-state index is -0.149. The molecule has 1 aromatic heterocycles. The third kappa shape index (κ3) is 3.54. The van der Waals surface area contributed by atoms with E-state index in [0.717, 1.165) is 14.4 Å². The number of benzene rings is 1. The first-order chi connectivity index (χ1) is 8.54. The van der Waals surface area contributed by atoms with Crippen LogP contribution in [0.25, 0.3) is 0 Å². The van der Waals surface area contributed by atoms with Crippen LogP contribution in [0.15, 0.2) is 28.9 Å². The summed E-state index contributed by atoms with van der Waals surface area (Å²) >= 11 is 10.8. The number of rotatable bonds is 3. The number of thiazole rings is 1. The number of hydrogen-bond acceptors (Lipinski definition) is 3. The van der Waals surface area contributed by atoms with Crippen LogP contribution in [0.2, 0.25) is 5.02 Å². The van der Waals surface area contributed by atoms with Crippen LogP contribution < -0.4 is 5.32 Å². The van der Waals surface area contributed by atoms with Gasteiger partial charge in [-0.25, -0.2) is 4.98 Å². The lowest BCUT2D eigenvalue weighted by Gasteiger charge is -2.04. The lowest BCUT2D eigenvalue weighted by molar-refractivity contribution is 0.0951. The molecule has 0 unspecified atom stereocenters. The molecule has 2 rings (SSSR count). The molecule has 0 atom stereocenters. The Bertz CT molecular complexity index is 565.